The number of carboxylic acid groups (broad SMARTS) is 1. The van der Waals surface area contributed by atoms with Gasteiger partial charge in [-0.2, -0.15) is 0 Å². The smallest absolute Gasteiger partial charge is 0.340 e. The van der Waals surface area contributed by atoms with Gasteiger partial charge in [-0.15, -0.1) is 0 Å². The lowest BCUT2D eigenvalue weighted by Gasteiger charge is -2.19. The molecule has 0 aliphatic carbocycles. The van der Waals surface area contributed by atoms with Crippen molar-refractivity contribution >= 4 is 23.5 Å². The highest BCUT2D eigenvalue weighted by Gasteiger charge is 2.31. The number of carboxylic acids is 1. The molecular weight excluding hydrogens is 370 g/mol. The largest absolute Gasteiger partial charge is 0.478 e. The van der Waals surface area contributed by atoms with E-state index in [1.165, 1.54) is 17.0 Å². The second-order valence-electron chi connectivity index (χ2n) is 6.65. The van der Waals surface area contributed by atoms with Gasteiger partial charge in [0.25, 0.3) is 5.91 Å². The van der Waals surface area contributed by atoms with Crippen molar-refractivity contribution in [2.24, 2.45) is 0 Å². The number of para-hydroxylation sites is 1. The molecule has 29 heavy (non-hydrogen) atoms. The lowest BCUT2D eigenvalue weighted by atomic mass is 10.1. The number of amides is 1. The fourth-order valence-corrected chi connectivity index (χ4v) is 3.31. The molecule has 1 N–H and O–H groups in total. The van der Waals surface area contributed by atoms with Gasteiger partial charge in [0.15, 0.2) is 0 Å². The third-order valence-corrected chi connectivity index (χ3v) is 4.79. The number of ether oxygens (including phenoxy) is 1. The van der Waals surface area contributed by atoms with Crippen LogP contribution in [0.4, 0.5) is 5.69 Å². The van der Waals surface area contributed by atoms with Crippen molar-refractivity contribution in [1.29, 1.82) is 0 Å². The highest BCUT2D eigenvalue weighted by Crippen LogP contribution is 2.31. The van der Waals surface area contributed by atoms with Crippen LogP contribution in [0.25, 0.3) is 0 Å². The average Bonchev–Trinajstić information content (AvgIpc) is 3.08. The monoisotopic (exact) mass is 387 g/mol. The lowest BCUT2D eigenvalue weighted by Crippen LogP contribution is -2.25. The van der Waals surface area contributed by atoms with Crippen molar-refractivity contribution in [1.82, 2.24) is 0 Å². The number of aromatic carboxylic acids is 1. The van der Waals surface area contributed by atoms with Crippen molar-refractivity contribution in [3.8, 4) is 0 Å². The van der Waals surface area contributed by atoms with E-state index in [2.05, 4.69) is 0 Å². The maximum Gasteiger partial charge on any atom is 0.340 e. The van der Waals surface area contributed by atoms with Gasteiger partial charge in [-0.1, -0.05) is 48.5 Å². The molecule has 1 aliphatic heterocycles. The van der Waals surface area contributed by atoms with E-state index in [1.807, 2.05) is 30.3 Å². The molecule has 0 bridgehead atoms. The number of carbonyl (C=O) groups excluding carboxylic acids is 2. The van der Waals surface area contributed by atoms with Gasteiger partial charge in [0.2, 0.25) is 0 Å². The van der Waals surface area contributed by atoms with Gasteiger partial charge < -0.3 is 14.7 Å². The molecule has 3 aromatic carbocycles. The first-order chi connectivity index (χ1) is 14.0. The molecule has 0 saturated carbocycles. The molecule has 1 amide bonds. The van der Waals surface area contributed by atoms with Crippen LogP contribution in [0.1, 0.15) is 42.2 Å². The molecule has 6 heteroatoms. The molecule has 3 aromatic rings. The van der Waals surface area contributed by atoms with Crippen LogP contribution in [0.5, 0.6) is 0 Å². The minimum atomic E-state index is -1.09. The molecule has 6 nitrogen and oxygen atoms in total. The quantitative estimate of drug-likeness (QED) is 0.671. The Morgan fingerprint density at radius 1 is 0.966 bits per heavy atom. The van der Waals surface area contributed by atoms with Gasteiger partial charge in [0.05, 0.1) is 23.4 Å². The standard InChI is InChI=1S/C23H17NO5/c25-21-19-12-16(22(26)27)10-11-17(19)13-24(21)20-9-5-4-8-18(20)23(28)29-14-15-6-2-1-3-7-15/h1-12H,13-14H2,(H,26,27). The molecule has 0 aromatic heterocycles. The van der Waals surface area contributed by atoms with Gasteiger partial charge in [-0.05, 0) is 35.4 Å². The van der Waals surface area contributed by atoms with Crippen LogP contribution in [-0.2, 0) is 17.9 Å². The highest BCUT2D eigenvalue weighted by atomic mass is 16.5. The summed E-state index contributed by atoms with van der Waals surface area (Å²) in [4.78, 5) is 38.3. The Hall–Kier alpha value is -3.93. The zero-order valence-corrected chi connectivity index (χ0v) is 15.4. The molecule has 1 aliphatic rings. The van der Waals surface area contributed by atoms with Gasteiger partial charge in [-0.25, -0.2) is 9.59 Å². The molecule has 144 valence electrons. The van der Waals surface area contributed by atoms with Crippen molar-refractivity contribution < 1.29 is 24.2 Å². The summed E-state index contributed by atoms with van der Waals surface area (Å²) in [7, 11) is 0. The van der Waals surface area contributed by atoms with E-state index in [9.17, 15) is 14.4 Å². The molecule has 0 radical (unpaired) electrons. The Bertz CT molecular complexity index is 1110. The normalized spacial score (nSPS) is 12.6. The number of benzene rings is 3. The number of hydrogen-bond donors (Lipinski definition) is 1. The number of esters is 1. The number of nitrogens with zero attached hydrogens (tertiary/aromatic N) is 1. The van der Waals surface area contributed by atoms with Crippen molar-refractivity contribution in [2.75, 3.05) is 4.90 Å². The first kappa shape index (κ1) is 18.4. The maximum absolute atomic E-state index is 12.9. The van der Waals surface area contributed by atoms with Crippen LogP contribution in [0.15, 0.2) is 72.8 Å². The van der Waals surface area contributed by atoms with Crippen molar-refractivity contribution in [3.05, 3.63) is 101 Å². The second kappa shape index (κ2) is 7.59. The molecular formula is C23H17NO5. The van der Waals surface area contributed by atoms with E-state index in [4.69, 9.17) is 9.84 Å². The van der Waals surface area contributed by atoms with Crippen LogP contribution >= 0.6 is 0 Å². The Kier molecular flexibility index (Phi) is 4.83. The average molecular weight is 387 g/mol. The predicted octanol–water partition coefficient (Wildman–Crippen LogP) is 3.90. The van der Waals surface area contributed by atoms with Gasteiger partial charge >= 0.3 is 11.9 Å². The number of hydrogen-bond acceptors (Lipinski definition) is 4. The summed E-state index contributed by atoms with van der Waals surface area (Å²) in [6, 6.07) is 20.5. The predicted molar refractivity (Wildman–Crippen MR) is 106 cm³/mol. The summed E-state index contributed by atoms with van der Waals surface area (Å²) in [5, 5.41) is 9.17. The lowest BCUT2D eigenvalue weighted by molar-refractivity contribution is 0.0473. The van der Waals surface area contributed by atoms with Crippen molar-refractivity contribution in [3.63, 3.8) is 0 Å². The molecule has 0 atom stereocenters. The van der Waals surface area contributed by atoms with E-state index in [-0.39, 0.29) is 30.2 Å². The number of anilines is 1. The Morgan fingerprint density at radius 2 is 1.69 bits per heavy atom. The summed E-state index contributed by atoms with van der Waals surface area (Å²) in [6.45, 7) is 0.390. The minimum absolute atomic E-state index is 0.0505. The summed E-state index contributed by atoms with van der Waals surface area (Å²) in [6.07, 6.45) is 0. The topological polar surface area (TPSA) is 83.9 Å². The van der Waals surface area contributed by atoms with E-state index in [0.29, 0.717) is 16.8 Å². The van der Waals surface area contributed by atoms with Crippen LogP contribution < -0.4 is 4.90 Å². The minimum Gasteiger partial charge on any atom is -0.478 e. The van der Waals surface area contributed by atoms with Gasteiger partial charge in [-0.3, -0.25) is 4.79 Å². The zero-order valence-electron chi connectivity index (χ0n) is 15.4. The Balaban J connectivity index is 1.59. The molecule has 4 rings (SSSR count). The fourth-order valence-electron chi connectivity index (χ4n) is 3.31. The number of carbonyl (C=O) groups is 3. The Labute approximate surface area is 167 Å². The Morgan fingerprint density at radius 3 is 2.45 bits per heavy atom. The van der Waals surface area contributed by atoms with E-state index >= 15 is 0 Å². The summed E-state index contributed by atoms with van der Waals surface area (Å²) < 4.78 is 5.42. The molecule has 0 spiro atoms. The zero-order chi connectivity index (χ0) is 20.4. The third-order valence-electron chi connectivity index (χ3n) is 4.79. The SMILES string of the molecule is O=C(O)c1ccc2c(c1)C(=O)N(c1ccccc1C(=O)OCc1ccccc1)C2. The summed E-state index contributed by atoms with van der Waals surface area (Å²) in [5.74, 6) is -1.96. The molecule has 0 saturated heterocycles. The van der Waals surface area contributed by atoms with Gasteiger partial charge in [0, 0.05) is 5.56 Å². The first-order valence-electron chi connectivity index (χ1n) is 9.03. The van der Waals surface area contributed by atoms with Crippen LogP contribution in [-0.4, -0.2) is 23.0 Å². The molecule has 0 fully saturated rings. The summed E-state index contributed by atoms with van der Waals surface area (Å²) in [5.41, 5.74) is 2.68. The molecule has 0 unspecified atom stereocenters. The second-order valence-corrected chi connectivity index (χ2v) is 6.65. The summed E-state index contributed by atoms with van der Waals surface area (Å²) >= 11 is 0. The highest BCUT2D eigenvalue weighted by molar-refractivity contribution is 6.13. The maximum atomic E-state index is 12.9. The van der Waals surface area contributed by atoms with Crippen LogP contribution in [0.2, 0.25) is 0 Å². The van der Waals surface area contributed by atoms with Crippen LogP contribution in [0, 0.1) is 0 Å². The van der Waals surface area contributed by atoms with Gasteiger partial charge in [0.1, 0.15) is 6.61 Å². The van der Waals surface area contributed by atoms with E-state index in [0.717, 1.165) is 5.56 Å². The first-order valence-corrected chi connectivity index (χ1v) is 9.03. The number of fused-ring (bicyclic) bond motifs is 1. The number of rotatable bonds is 5. The molecule has 1 heterocycles. The van der Waals surface area contributed by atoms with Crippen LogP contribution in [0.3, 0.4) is 0 Å². The van der Waals surface area contributed by atoms with E-state index in [1.54, 1.807) is 30.3 Å². The van der Waals surface area contributed by atoms with E-state index < -0.39 is 11.9 Å². The fraction of sp³-hybridized carbons (Fsp3) is 0.0870. The van der Waals surface area contributed by atoms with Crippen molar-refractivity contribution in [2.45, 2.75) is 13.2 Å². The third kappa shape index (κ3) is 3.60.